The fourth-order valence-electron chi connectivity index (χ4n) is 2.43. The number of hydrogen-bond donors (Lipinski definition) is 0. The van der Waals surface area contributed by atoms with Gasteiger partial charge in [0.1, 0.15) is 5.57 Å². The first-order chi connectivity index (χ1) is 12.9. The van der Waals surface area contributed by atoms with Crippen LogP contribution in [-0.2, 0) is 9.53 Å². The summed E-state index contributed by atoms with van der Waals surface area (Å²) in [5.74, 6) is -0.287. The Morgan fingerprint density at radius 3 is 2.52 bits per heavy atom. The van der Waals surface area contributed by atoms with Crippen molar-refractivity contribution < 1.29 is 14.5 Å². The smallest absolute Gasteiger partial charge is 0.284 e. The van der Waals surface area contributed by atoms with E-state index in [-0.39, 0.29) is 17.2 Å². The van der Waals surface area contributed by atoms with E-state index >= 15 is 0 Å². The molecule has 2 aromatic rings. The summed E-state index contributed by atoms with van der Waals surface area (Å²) in [6.45, 7) is 2.08. The van der Waals surface area contributed by atoms with Crippen LogP contribution in [0.3, 0.4) is 0 Å². The molecule has 0 N–H and O–H groups in total. The molecule has 0 atom stereocenters. The summed E-state index contributed by atoms with van der Waals surface area (Å²) >= 11 is 12.1. The fourth-order valence-corrected chi connectivity index (χ4v) is 2.89. The van der Waals surface area contributed by atoms with Crippen molar-refractivity contribution in [3.8, 4) is 0 Å². The number of amides is 1. The highest BCUT2D eigenvalue weighted by molar-refractivity contribution is 6.36. The third-order valence-corrected chi connectivity index (χ3v) is 4.25. The maximum atomic E-state index is 12.9. The molecule has 1 aliphatic heterocycles. The second-order valence-corrected chi connectivity index (χ2v) is 6.30. The predicted octanol–water partition coefficient (Wildman–Crippen LogP) is 4.68. The summed E-state index contributed by atoms with van der Waals surface area (Å²) in [7, 11) is 0. The lowest BCUT2D eigenvalue weighted by molar-refractivity contribution is -0.384. The highest BCUT2D eigenvalue weighted by Gasteiger charge is 2.33. The number of non-ortho nitro benzene ring substituents is 1. The van der Waals surface area contributed by atoms with Gasteiger partial charge in [-0.05, 0) is 42.8 Å². The number of halogens is 2. The van der Waals surface area contributed by atoms with Gasteiger partial charge in [-0.15, -0.1) is 5.10 Å². The third kappa shape index (κ3) is 3.94. The highest BCUT2D eigenvalue weighted by atomic mass is 35.5. The van der Waals surface area contributed by atoms with E-state index in [1.807, 2.05) is 0 Å². The molecule has 0 aromatic heterocycles. The van der Waals surface area contributed by atoms with E-state index in [1.165, 1.54) is 24.3 Å². The van der Waals surface area contributed by atoms with Crippen molar-refractivity contribution in [1.29, 1.82) is 0 Å². The zero-order valence-electron chi connectivity index (χ0n) is 14.1. The van der Waals surface area contributed by atoms with E-state index in [1.54, 1.807) is 31.2 Å². The predicted molar refractivity (Wildman–Crippen MR) is 104 cm³/mol. The summed E-state index contributed by atoms with van der Waals surface area (Å²) in [5.41, 5.74) is 1.11. The summed E-state index contributed by atoms with van der Waals surface area (Å²) in [4.78, 5) is 23.1. The van der Waals surface area contributed by atoms with Gasteiger partial charge in [0.25, 0.3) is 11.6 Å². The van der Waals surface area contributed by atoms with Crippen molar-refractivity contribution >= 4 is 52.5 Å². The molecule has 0 saturated heterocycles. The molecule has 138 valence electrons. The van der Waals surface area contributed by atoms with Gasteiger partial charge >= 0.3 is 0 Å². The van der Waals surface area contributed by atoms with E-state index in [4.69, 9.17) is 27.9 Å². The molecule has 0 aliphatic carbocycles. The Hall–Kier alpha value is -2.90. The van der Waals surface area contributed by atoms with E-state index in [0.29, 0.717) is 27.9 Å². The lowest BCUT2D eigenvalue weighted by Gasteiger charge is -2.10. The van der Waals surface area contributed by atoms with Crippen LogP contribution in [0.15, 0.2) is 53.1 Å². The lowest BCUT2D eigenvalue weighted by Crippen LogP contribution is -2.21. The van der Waals surface area contributed by atoms with Crippen molar-refractivity contribution in [1.82, 2.24) is 0 Å². The molecular formula is C18H13Cl2N3O4. The minimum absolute atomic E-state index is 0.0804. The molecule has 7 nitrogen and oxygen atoms in total. The minimum Gasteiger partial charge on any atom is -0.476 e. The number of hydrazone groups is 1. The van der Waals surface area contributed by atoms with Gasteiger partial charge in [0, 0.05) is 22.2 Å². The standard InChI is InChI=1S/C18H13Cl2N3O4/c1-2-27-17-15(9-11-3-4-12(19)10-16(11)20)18(24)22(21-17)13-5-7-14(8-6-13)23(25)26/h3-10H,2H2,1H3/b15-9-. The zero-order chi connectivity index (χ0) is 19.6. The molecule has 0 unspecified atom stereocenters. The Labute approximate surface area is 164 Å². The Kier molecular flexibility index (Phi) is 5.43. The monoisotopic (exact) mass is 405 g/mol. The number of carbonyl (C=O) groups excluding carboxylic acids is 1. The van der Waals surface area contributed by atoms with Gasteiger partial charge in [0.05, 0.1) is 17.2 Å². The molecule has 1 aliphatic rings. The number of carbonyl (C=O) groups is 1. The van der Waals surface area contributed by atoms with Crippen LogP contribution in [0.4, 0.5) is 11.4 Å². The number of nitro benzene ring substituents is 1. The van der Waals surface area contributed by atoms with Gasteiger partial charge in [0.2, 0.25) is 5.90 Å². The summed E-state index contributed by atoms with van der Waals surface area (Å²) in [5, 5.41) is 17.0. The Morgan fingerprint density at radius 2 is 1.93 bits per heavy atom. The number of ether oxygens (including phenoxy) is 1. The first-order valence-corrected chi connectivity index (χ1v) is 8.63. The average molecular weight is 406 g/mol. The normalized spacial score (nSPS) is 15.2. The van der Waals surface area contributed by atoms with Gasteiger partial charge in [-0.3, -0.25) is 14.9 Å². The van der Waals surface area contributed by atoms with Crippen LogP contribution in [-0.4, -0.2) is 23.3 Å². The quantitative estimate of drug-likeness (QED) is 0.419. The molecule has 27 heavy (non-hydrogen) atoms. The van der Waals surface area contributed by atoms with Crippen molar-refractivity contribution in [2.24, 2.45) is 5.10 Å². The number of benzene rings is 2. The molecule has 0 radical (unpaired) electrons. The molecule has 3 rings (SSSR count). The van der Waals surface area contributed by atoms with Gasteiger partial charge in [0.15, 0.2) is 0 Å². The van der Waals surface area contributed by atoms with Crippen LogP contribution in [0.25, 0.3) is 6.08 Å². The van der Waals surface area contributed by atoms with Crippen molar-refractivity contribution in [3.05, 3.63) is 73.8 Å². The largest absolute Gasteiger partial charge is 0.476 e. The van der Waals surface area contributed by atoms with Crippen LogP contribution in [0.1, 0.15) is 12.5 Å². The molecule has 0 fully saturated rings. The number of rotatable bonds is 4. The molecular weight excluding hydrogens is 393 g/mol. The molecule has 0 bridgehead atoms. The summed E-state index contributed by atoms with van der Waals surface area (Å²) < 4.78 is 5.48. The van der Waals surface area contributed by atoms with Crippen LogP contribution in [0, 0.1) is 10.1 Å². The van der Waals surface area contributed by atoms with Gasteiger partial charge in [-0.1, -0.05) is 29.3 Å². The highest BCUT2D eigenvalue weighted by Crippen LogP contribution is 2.29. The number of nitrogens with zero attached hydrogens (tertiary/aromatic N) is 3. The average Bonchev–Trinajstić information content (AvgIpc) is 2.94. The molecule has 2 aromatic carbocycles. The van der Waals surface area contributed by atoms with Crippen LogP contribution in [0.2, 0.25) is 10.0 Å². The van der Waals surface area contributed by atoms with Gasteiger partial charge in [-0.2, -0.15) is 5.01 Å². The van der Waals surface area contributed by atoms with Crippen LogP contribution >= 0.6 is 23.2 Å². The van der Waals surface area contributed by atoms with Gasteiger partial charge < -0.3 is 4.74 Å². The Balaban J connectivity index is 1.98. The van der Waals surface area contributed by atoms with E-state index in [0.717, 1.165) is 5.01 Å². The maximum Gasteiger partial charge on any atom is 0.284 e. The molecule has 1 heterocycles. The van der Waals surface area contributed by atoms with E-state index in [9.17, 15) is 14.9 Å². The van der Waals surface area contributed by atoms with Crippen LogP contribution in [0.5, 0.6) is 0 Å². The number of hydrogen-bond acceptors (Lipinski definition) is 5. The summed E-state index contributed by atoms with van der Waals surface area (Å²) in [6.07, 6.45) is 1.57. The molecule has 0 saturated carbocycles. The minimum atomic E-state index is -0.516. The number of nitro groups is 1. The second-order valence-electron chi connectivity index (χ2n) is 5.45. The first kappa shape index (κ1) is 18.9. The maximum absolute atomic E-state index is 12.9. The fraction of sp³-hybridized carbons (Fsp3) is 0.111. The molecule has 1 amide bonds. The zero-order valence-corrected chi connectivity index (χ0v) is 15.6. The van der Waals surface area contributed by atoms with Crippen molar-refractivity contribution in [2.45, 2.75) is 6.92 Å². The second kappa shape index (κ2) is 7.77. The van der Waals surface area contributed by atoms with Crippen molar-refractivity contribution in [2.75, 3.05) is 11.6 Å². The van der Waals surface area contributed by atoms with Crippen molar-refractivity contribution in [3.63, 3.8) is 0 Å². The first-order valence-electron chi connectivity index (χ1n) is 7.88. The summed E-state index contributed by atoms with van der Waals surface area (Å²) in [6, 6.07) is 10.4. The van der Waals surface area contributed by atoms with Gasteiger partial charge in [-0.25, -0.2) is 0 Å². The third-order valence-electron chi connectivity index (χ3n) is 3.69. The van der Waals surface area contributed by atoms with E-state index in [2.05, 4.69) is 5.10 Å². The number of anilines is 1. The molecule has 9 heteroatoms. The van der Waals surface area contributed by atoms with E-state index < -0.39 is 10.8 Å². The molecule has 0 spiro atoms. The SMILES string of the molecule is CCOC1=NN(c2ccc([N+](=O)[O-])cc2)C(=O)/C1=C\c1ccc(Cl)cc1Cl. The van der Waals surface area contributed by atoms with Crippen LogP contribution < -0.4 is 5.01 Å². The Morgan fingerprint density at radius 1 is 1.22 bits per heavy atom. The lowest BCUT2D eigenvalue weighted by atomic mass is 10.1. The Bertz CT molecular complexity index is 971. The topological polar surface area (TPSA) is 85.0 Å².